The zero-order valence-corrected chi connectivity index (χ0v) is 6.48. The first-order valence-electron chi connectivity index (χ1n) is 3.35. The van der Waals surface area contributed by atoms with Crippen LogP contribution in [0.5, 0.6) is 0 Å². The van der Waals surface area contributed by atoms with Crippen molar-refractivity contribution in [3.05, 3.63) is 6.33 Å². The Morgan fingerprint density at radius 1 is 1.73 bits per heavy atom. The normalized spacial score (nSPS) is 10.1. The highest BCUT2D eigenvalue weighted by Crippen LogP contribution is 2.02. The predicted octanol–water partition coefficient (Wildman–Crippen LogP) is 0.427. The molecule has 0 atom stereocenters. The Morgan fingerprint density at radius 3 is 2.91 bits per heavy atom. The summed E-state index contributed by atoms with van der Waals surface area (Å²) in [6, 6.07) is 0.268. The van der Waals surface area contributed by atoms with E-state index in [9.17, 15) is 4.79 Å². The van der Waals surface area contributed by atoms with Gasteiger partial charge in [0, 0.05) is 6.04 Å². The van der Waals surface area contributed by atoms with Crippen molar-refractivity contribution in [2.24, 2.45) is 0 Å². The molecule has 1 rings (SSSR count). The molecule has 0 aliphatic rings. The van der Waals surface area contributed by atoms with Crippen LogP contribution in [0.2, 0.25) is 0 Å². The summed E-state index contributed by atoms with van der Waals surface area (Å²) in [5.41, 5.74) is 0. The van der Waals surface area contributed by atoms with Crippen LogP contribution in [0, 0.1) is 0 Å². The fourth-order valence-corrected chi connectivity index (χ4v) is 0.642. The van der Waals surface area contributed by atoms with Crippen molar-refractivity contribution in [2.75, 3.05) is 5.32 Å². The fraction of sp³-hybridized carbons (Fsp3) is 0.500. The lowest BCUT2D eigenvalue weighted by Crippen LogP contribution is -2.02. The molecule has 1 amide bonds. The van der Waals surface area contributed by atoms with Crippen molar-refractivity contribution in [3.63, 3.8) is 0 Å². The van der Waals surface area contributed by atoms with Gasteiger partial charge in [0.05, 0.1) is 0 Å². The maximum Gasteiger partial charge on any atom is 0.248 e. The molecule has 11 heavy (non-hydrogen) atoms. The van der Waals surface area contributed by atoms with E-state index in [2.05, 4.69) is 15.4 Å². The Bertz CT molecular complexity index is 242. The molecule has 0 fully saturated rings. The number of amides is 1. The standard InChI is InChI=1S/C6H10N4O/c1-5(2)10-3-7-6(9-10)8-4-11/h3-5H,1-2H3,(H,8,9,11). The number of aromatic nitrogens is 3. The van der Waals surface area contributed by atoms with E-state index in [0.717, 1.165) is 0 Å². The van der Waals surface area contributed by atoms with E-state index in [1.807, 2.05) is 13.8 Å². The van der Waals surface area contributed by atoms with Gasteiger partial charge >= 0.3 is 0 Å². The SMILES string of the molecule is CC(C)n1cnc(NC=O)n1. The van der Waals surface area contributed by atoms with Gasteiger partial charge in [-0.05, 0) is 13.8 Å². The van der Waals surface area contributed by atoms with Crippen LogP contribution in [0.3, 0.4) is 0 Å². The Balaban J connectivity index is 2.73. The maximum atomic E-state index is 9.95. The van der Waals surface area contributed by atoms with Crippen LogP contribution >= 0.6 is 0 Å². The number of hydrogen-bond donors (Lipinski definition) is 1. The first-order valence-corrected chi connectivity index (χ1v) is 3.35. The van der Waals surface area contributed by atoms with E-state index < -0.39 is 0 Å². The summed E-state index contributed by atoms with van der Waals surface area (Å²) in [7, 11) is 0. The van der Waals surface area contributed by atoms with Crippen LogP contribution in [0.15, 0.2) is 6.33 Å². The summed E-state index contributed by atoms with van der Waals surface area (Å²) >= 11 is 0. The van der Waals surface area contributed by atoms with Gasteiger partial charge in [0.1, 0.15) is 6.33 Å². The lowest BCUT2D eigenvalue weighted by atomic mass is 10.4. The Kier molecular flexibility index (Phi) is 2.20. The lowest BCUT2D eigenvalue weighted by molar-refractivity contribution is -0.105. The third-order valence-corrected chi connectivity index (χ3v) is 1.23. The van der Waals surface area contributed by atoms with Crippen molar-refractivity contribution in [3.8, 4) is 0 Å². The first kappa shape index (κ1) is 7.71. The predicted molar refractivity (Wildman–Crippen MR) is 40.1 cm³/mol. The molecule has 60 valence electrons. The molecule has 0 radical (unpaired) electrons. The van der Waals surface area contributed by atoms with Gasteiger partial charge in [-0.1, -0.05) is 0 Å². The number of rotatable bonds is 3. The zero-order valence-electron chi connectivity index (χ0n) is 6.48. The molecule has 1 heterocycles. The van der Waals surface area contributed by atoms with Gasteiger partial charge in [0.15, 0.2) is 0 Å². The number of nitrogens with one attached hydrogen (secondary N) is 1. The molecule has 0 bridgehead atoms. The van der Waals surface area contributed by atoms with Crippen molar-refractivity contribution in [1.82, 2.24) is 14.8 Å². The molecular weight excluding hydrogens is 144 g/mol. The van der Waals surface area contributed by atoms with Crippen LogP contribution in [0.1, 0.15) is 19.9 Å². The van der Waals surface area contributed by atoms with Gasteiger partial charge in [-0.15, -0.1) is 5.10 Å². The summed E-state index contributed by atoms with van der Waals surface area (Å²) in [5, 5.41) is 6.32. The number of carbonyl (C=O) groups is 1. The van der Waals surface area contributed by atoms with Gasteiger partial charge in [-0.2, -0.15) is 0 Å². The van der Waals surface area contributed by atoms with Gasteiger partial charge < -0.3 is 0 Å². The van der Waals surface area contributed by atoms with Crippen molar-refractivity contribution in [2.45, 2.75) is 19.9 Å². The minimum Gasteiger partial charge on any atom is -0.296 e. The summed E-state index contributed by atoms with van der Waals surface area (Å²) in [6.45, 7) is 3.97. The highest BCUT2D eigenvalue weighted by Gasteiger charge is 2.00. The molecular formula is C6H10N4O. The molecule has 5 heteroatoms. The zero-order chi connectivity index (χ0) is 8.27. The molecule has 0 unspecified atom stereocenters. The van der Waals surface area contributed by atoms with Crippen molar-refractivity contribution < 1.29 is 4.79 Å². The fourth-order valence-electron chi connectivity index (χ4n) is 0.642. The van der Waals surface area contributed by atoms with Crippen LogP contribution in [0.4, 0.5) is 5.95 Å². The largest absolute Gasteiger partial charge is 0.296 e. The molecule has 0 spiro atoms. The number of nitrogens with zero attached hydrogens (tertiary/aromatic N) is 3. The second-order valence-corrected chi connectivity index (χ2v) is 2.40. The molecule has 0 saturated heterocycles. The third-order valence-electron chi connectivity index (χ3n) is 1.23. The quantitative estimate of drug-likeness (QED) is 0.642. The molecule has 0 aliphatic heterocycles. The summed E-state index contributed by atoms with van der Waals surface area (Å²) < 4.78 is 1.67. The Hall–Kier alpha value is -1.39. The van der Waals surface area contributed by atoms with E-state index in [0.29, 0.717) is 12.4 Å². The molecule has 1 N–H and O–H groups in total. The van der Waals surface area contributed by atoms with Crippen molar-refractivity contribution >= 4 is 12.4 Å². The molecule has 1 aromatic rings. The van der Waals surface area contributed by atoms with Crippen LogP contribution in [0.25, 0.3) is 0 Å². The topological polar surface area (TPSA) is 59.8 Å². The highest BCUT2D eigenvalue weighted by atomic mass is 16.1. The highest BCUT2D eigenvalue weighted by molar-refractivity contribution is 5.66. The number of carbonyl (C=O) groups excluding carboxylic acids is 1. The van der Waals surface area contributed by atoms with Gasteiger partial charge in [0.25, 0.3) is 0 Å². The minimum absolute atomic E-state index is 0.268. The van der Waals surface area contributed by atoms with Crippen LogP contribution in [-0.4, -0.2) is 21.2 Å². The number of hydrogen-bond acceptors (Lipinski definition) is 3. The molecule has 1 aromatic heterocycles. The minimum atomic E-state index is 0.268. The van der Waals surface area contributed by atoms with E-state index in [-0.39, 0.29) is 6.04 Å². The number of anilines is 1. The van der Waals surface area contributed by atoms with E-state index in [4.69, 9.17) is 0 Å². The summed E-state index contributed by atoms with van der Waals surface area (Å²) in [5.74, 6) is 0.341. The van der Waals surface area contributed by atoms with Gasteiger partial charge in [-0.25, -0.2) is 9.67 Å². The molecule has 0 aromatic carbocycles. The lowest BCUT2D eigenvalue weighted by Gasteiger charge is -2.00. The molecule has 0 aliphatic carbocycles. The molecule has 5 nitrogen and oxygen atoms in total. The average molecular weight is 154 g/mol. The first-order chi connectivity index (χ1) is 5.24. The maximum absolute atomic E-state index is 9.95. The smallest absolute Gasteiger partial charge is 0.248 e. The second-order valence-electron chi connectivity index (χ2n) is 2.40. The van der Waals surface area contributed by atoms with E-state index in [1.54, 1.807) is 11.0 Å². The van der Waals surface area contributed by atoms with Crippen molar-refractivity contribution in [1.29, 1.82) is 0 Å². The summed E-state index contributed by atoms with van der Waals surface area (Å²) in [4.78, 5) is 13.8. The average Bonchev–Trinajstić information content (AvgIpc) is 2.37. The third kappa shape index (κ3) is 1.76. The van der Waals surface area contributed by atoms with Crippen LogP contribution < -0.4 is 5.32 Å². The van der Waals surface area contributed by atoms with Gasteiger partial charge in [0.2, 0.25) is 12.4 Å². The summed E-state index contributed by atoms with van der Waals surface area (Å²) in [6.07, 6.45) is 2.14. The Morgan fingerprint density at radius 2 is 2.45 bits per heavy atom. The van der Waals surface area contributed by atoms with E-state index >= 15 is 0 Å². The van der Waals surface area contributed by atoms with E-state index in [1.165, 1.54) is 0 Å². The van der Waals surface area contributed by atoms with Crippen LogP contribution in [-0.2, 0) is 4.79 Å². The monoisotopic (exact) mass is 154 g/mol. The Labute approximate surface area is 64.4 Å². The molecule has 0 saturated carbocycles. The van der Waals surface area contributed by atoms with Gasteiger partial charge in [-0.3, -0.25) is 10.1 Å². The second kappa shape index (κ2) is 3.14.